The molecule has 0 bridgehead atoms. The zero-order valence-electron chi connectivity index (χ0n) is 16.7. The van der Waals surface area contributed by atoms with Gasteiger partial charge >= 0.3 is 0 Å². The Balaban J connectivity index is 1.95. The highest BCUT2D eigenvalue weighted by Gasteiger charge is 2.24. The number of hydrogen-bond donors (Lipinski definition) is 0. The van der Waals surface area contributed by atoms with Crippen molar-refractivity contribution >= 4 is 17.9 Å². The molecule has 3 nitrogen and oxygen atoms in total. The van der Waals surface area contributed by atoms with Crippen molar-refractivity contribution < 1.29 is 9.59 Å². The van der Waals surface area contributed by atoms with Crippen LogP contribution in [0.15, 0.2) is 103 Å². The van der Waals surface area contributed by atoms with Crippen molar-refractivity contribution in [2.75, 3.05) is 11.9 Å². The summed E-state index contributed by atoms with van der Waals surface area (Å²) in [6.45, 7) is 0. The van der Waals surface area contributed by atoms with Crippen molar-refractivity contribution in [2.45, 2.75) is 0 Å². The van der Waals surface area contributed by atoms with Crippen molar-refractivity contribution in [2.24, 2.45) is 0 Å². The Labute approximate surface area is 176 Å². The van der Waals surface area contributed by atoms with E-state index in [9.17, 15) is 9.59 Å². The fourth-order valence-electron chi connectivity index (χ4n) is 3.64. The van der Waals surface area contributed by atoms with Gasteiger partial charge in [-0.1, -0.05) is 91.0 Å². The van der Waals surface area contributed by atoms with Gasteiger partial charge in [0.25, 0.3) is 5.91 Å². The Morgan fingerprint density at radius 1 is 0.667 bits per heavy atom. The van der Waals surface area contributed by atoms with Crippen LogP contribution in [0.5, 0.6) is 0 Å². The molecule has 0 heterocycles. The van der Waals surface area contributed by atoms with Crippen LogP contribution in [0.3, 0.4) is 0 Å². The van der Waals surface area contributed by atoms with E-state index in [1.54, 1.807) is 11.9 Å². The summed E-state index contributed by atoms with van der Waals surface area (Å²) in [6.07, 6.45) is 0.792. The van der Waals surface area contributed by atoms with Gasteiger partial charge in [-0.15, -0.1) is 0 Å². The molecule has 0 saturated carbocycles. The largest absolute Gasteiger partial charge is 0.311 e. The van der Waals surface area contributed by atoms with Gasteiger partial charge in [0.2, 0.25) is 0 Å². The van der Waals surface area contributed by atoms with E-state index in [1.807, 2.05) is 103 Å². The molecule has 146 valence electrons. The molecule has 0 aliphatic carbocycles. The van der Waals surface area contributed by atoms with E-state index in [4.69, 9.17) is 0 Å². The van der Waals surface area contributed by atoms with Gasteiger partial charge < -0.3 is 4.90 Å². The first-order valence-electron chi connectivity index (χ1n) is 9.77. The molecule has 0 aliphatic rings. The number of amides is 1. The Bertz CT molecular complexity index is 1170. The zero-order chi connectivity index (χ0) is 20.9. The van der Waals surface area contributed by atoms with Crippen LogP contribution < -0.4 is 4.90 Å². The Hall–Kier alpha value is -3.98. The van der Waals surface area contributed by atoms with Gasteiger partial charge in [0.15, 0.2) is 6.29 Å². The quantitative estimate of drug-likeness (QED) is 0.385. The highest BCUT2D eigenvalue weighted by molar-refractivity contribution is 6.16. The van der Waals surface area contributed by atoms with Gasteiger partial charge in [-0.3, -0.25) is 9.59 Å². The number of para-hydroxylation sites is 1. The second-order valence-corrected chi connectivity index (χ2v) is 7.00. The lowest BCUT2D eigenvalue weighted by molar-refractivity contribution is 0.0987. The van der Waals surface area contributed by atoms with Gasteiger partial charge in [0.05, 0.1) is 5.56 Å². The Morgan fingerprint density at radius 2 is 1.13 bits per heavy atom. The van der Waals surface area contributed by atoms with Crippen molar-refractivity contribution in [3.05, 3.63) is 114 Å². The summed E-state index contributed by atoms with van der Waals surface area (Å²) < 4.78 is 0. The van der Waals surface area contributed by atoms with Crippen molar-refractivity contribution in [1.29, 1.82) is 0 Å². The average Bonchev–Trinajstić information content (AvgIpc) is 2.83. The van der Waals surface area contributed by atoms with E-state index < -0.39 is 0 Å². The average molecular weight is 391 g/mol. The maximum absolute atomic E-state index is 13.7. The minimum Gasteiger partial charge on any atom is -0.311 e. The van der Waals surface area contributed by atoms with Crippen LogP contribution in [0.2, 0.25) is 0 Å². The third-order valence-corrected chi connectivity index (χ3v) is 5.19. The predicted octanol–water partition coefficient (Wildman–Crippen LogP) is 6.11. The third-order valence-electron chi connectivity index (χ3n) is 5.19. The fourth-order valence-corrected chi connectivity index (χ4v) is 3.64. The summed E-state index contributed by atoms with van der Waals surface area (Å²) in [4.78, 5) is 27.6. The van der Waals surface area contributed by atoms with Gasteiger partial charge in [-0.25, -0.2) is 0 Å². The fraction of sp³-hybridized carbons (Fsp3) is 0.0370. The molecule has 4 rings (SSSR count). The van der Waals surface area contributed by atoms with Gasteiger partial charge in [0, 0.05) is 18.3 Å². The zero-order valence-corrected chi connectivity index (χ0v) is 16.7. The molecule has 0 spiro atoms. The maximum Gasteiger partial charge on any atom is 0.259 e. The second-order valence-electron chi connectivity index (χ2n) is 7.00. The highest BCUT2D eigenvalue weighted by atomic mass is 16.2. The van der Waals surface area contributed by atoms with Crippen molar-refractivity contribution in [3.8, 4) is 22.3 Å². The van der Waals surface area contributed by atoms with Crippen LogP contribution in [0, 0.1) is 0 Å². The number of anilines is 1. The molecule has 0 aromatic heterocycles. The number of benzene rings is 4. The van der Waals surface area contributed by atoms with Crippen LogP contribution >= 0.6 is 0 Å². The van der Waals surface area contributed by atoms with Gasteiger partial charge in [-0.05, 0) is 34.4 Å². The highest BCUT2D eigenvalue weighted by Crippen LogP contribution is 2.34. The Morgan fingerprint density at radius 3 is 1.67 bits per heavy atom. The van der Waals surface area contributed by atoms with E-state index in [0.717, 1.165) is 34.2 Å². The van der Waals surface area contributed by atoms with Gasteiger partial charge in [-0.2, -0.15) is 0 Å². The van der Waals surface area contributed by atoms with Crippen LogP contribution in [-0.2, 0) is 0 Å². The number of nitrogens with zero attached hydrogens (tertiary/aromatic N) is 1. The molecule has 3 heteroatoms. The lowest BCUT2D eigenvalue weighted by atomic mass is 9.89. The van der Waals surface area contributed by atoms with Crippen LogP contribution in [0.4, 0.5) is 5.69 Å². The molecule has 0 fully saturated rings. The summed E-state index contributed by atoms with van der Waals surface area (Å²) in [5, 5.41) is 0. The van der Waals surface area contributed by atoms with E-state index in [-0.39, 0.29) is 5.91 Å². The lowest BCUT2D eigenvalue weighted by Gasteiger charge is -2.22. The minimum absolute atomic E-state index is 0.222. The monoisotopic (exact) mass is 391 g/mol. The second kappa shape index (κ2) is 8.58. The molecule has 0 saturated heterocycles. The van der Waals surface area contributed by atoms with Crippen LogP contribution in [0.1, 0.15) is 20.7 Å². The molecule has 1 amide bonds. The van der Waals surface area contributed by atoms with Crippen LogP contribution in [-0.4, -0.2) is 19.2 Å². The molecule has 30 heavy (non-hydrogen) atoms. The molecular weight excluding hydrogens is 370 g/mol. The molecule has 0 unspecified atom stereocenters. The number of carbonyl (C=O) groups excluding carboxylic acids is 2. The molecule has 4 aromatic carbocycles. The summed E-state index contributed by atoms with van der Waals surface area (Å²) in [5.41, 5.74) is 4.85. The molecule has 0 N–H and O–H groups in total. The maximum atomic E-state index is 13.7. The molecule has 0 aliphatic heterocycles. The number of hydrogen-bond acceptors (Lipinski definition) is 2. The van der Waals surface area contributed by atoms with Gasteiger partial charge in [0.1, 0.15) is 0 Å². The smallest absolute Gasteiger partial charge is 0.259 e. The van der Waals surface area contributed by atoms with Crippen molar-refractivity contribution in [1.82, 2.24) is 0 Å². The number of rotatable bonds is 5. The third kappa shape index (κ3) is 3.65. The number of aldehydes is 1. The first-order valence-corrected chi connectivity index (χ1v) is 9.77. The van der Waals surface area contributed by atoms with E-state index >= 15 is 0 Å². The first-order chi connectivity index (χ1) is 14.7. The molecule has 0 radical (unpaired) electrons. The first kappa shape index (κ1) is 19.3. The lowest BCUT2D eigenvalue weighted by Crippen LogP contribution is -2.28. The van der Waals surface area contributed by atoms with Crippen molar-refractivity contribution in [3.63, 3.8) is 0 Å². The topological polar surface area (TPSA) is 37.4 Å². The van der Waals surface area contributed by atoms with E-state index in [2.05, 4.69) is 0 Å². The predicted molar refractivity (Wildman–Crippen MR) is 122 cm³/mol. The van der Waals surface area contributed by atoms with Crippen LogP contribution in [0.25, 0.3) is 22.3 Å². The molecular formula is C27H21NO2. The van der Waals surface area contributed by atoms with E-state index in [1.165, 1.54) is 0 Å². The minimum atomic E-state index is -0.222. The van der Waals surface area contributed by atoms with E-state index in [0.29, 0.717) is 11.1 Å². The molecule has 4 aromatic rings. The normalized spacial score (nSPS) is 10.4. The molecule has 0 atom stereocenters. The Kier molecular flexibility index (Phi) is 5.53. The number of carbonyl (C=O) groups is 2. The SMILES string of the molecule is CN(C(=O)c1c(-c2ccccc2)ccc(-c2ccccc2)c1C=O)c1ccccc1. The summed E-state index contributed by atoms with van der Waals surface area (Å²) >= 11 is 0. The summed E-state index contributed by atoms with van der Waals surface area (Å²) in [6, 6.07) is 32.6. The summed E-state index contributed by atoms with van der Waals surface area (Å²) in [5.74, 6) is -0.222. The standard InChI is InChI=1S/C27H21NO2/c1-28(22-15-9-4-10-16-22)27(30)26-24(21-13-7-3-8-14-21)18-17-23(25(26)19-29)20-11-5-2-6-12-20/h2-19H,1H3. The summed E-state index contributed by atoms with van der Waals surface area (Å²) in [7, 11) is 1.73.